The normalized spacial score (nSPS) is 17.8. The number of hydrogen-bond donors (Lipinski definition) is 0. The van der Waals surface area contributed by atoms with Crippen molar-refractivity contribution in [3.63, 3.8) is 0 Å². The standard InChI is InChI=1S/C22H17N3O8S/c1-10-4-9-14(33-10)17(26)15-16(12-5-7-13(8-6-12)25(30)31)24(20(28)18(15)27)22-23-11(2)19(34-22)21(29)32-3/h4-9,15-16H,1-3H3. The maximum absolute atomic E-state index is 13.3. The van der Waals surface area contributed by atoms with Gasteiger partial charge in [-0.1, -0.05) is 23.5 Å². The van der Waals surface area contributed by atoms with E-state index in [9.17, 15) is 29.3 Å². The number of Topliss-reactive ketones (excluding diaryl/α,β-unsaturated/α-hetero) is 2. The number of esters is 1. The van der Waals surface area contributed by atoms with Crippen LogP contribution in [0, 0.1) is 29.9 Å². The van der Waals surface area contributed by atoms with E-state index in [4.69, 9.17) is 9.15 Å². The topological polar surface area (TPSA) is 150 Å². The summed E-state index contributed by atoms with van der Waals surface area (Å²) in [6.07, 6.45) is 0. The fraction of sp³-hybridized carbons (Fsp3) is 0.227. The van der Waals surface area contributed by atoms with E-state index >= 15 is 0 Å². The number of benzene rings is 1. The lowest BCUT2D eigenvalue weighted by Gasteiger charge is -2.24. The van der Waals surface area contributed by atoms with E-state index in [1.54, 1.807) is 19.9 Å². The van der Waals surface area contributed by atoms with Gasteiger partial charge in [0, 0.05) is 12.1 Å². The van der Waals surface area contributed by atoms with E-state index in [2.05, 4.69) is 4.98 Å². The zero-order chi connectivity index (χ0) is 24.7. The predicted molar refractivity (Wildman–Crippen MR) is 118 cm³/mol. The Morgan fingerprint density at radius 3 is 2.38 bits per heavy atom. The number of aryl methyl sites for hydroxylation is 2. The lowest BCUT2D eigenvalue weighted by molar-refractivity contribution is -0.384. The molecular weight excluding hydrogens is 466 g/mol. The van der Waals surface area contributed by atoms with Crippen molar-refractivity contribution in [2.24, 2.45) is 5.92 Å². The van der Waals surface area contributed by atoms with Gasteiger partial charge in [0.25, 0.3) is 11.6 Å². The monoisotopic (exact) mass is 483 g/mol. The van der Waals surface area contributed by atoms with Crippen LogP contribution in [-0.2, 0) is 14.3 Å². The molecule has 34 heavy (non-hydrogen) atoms. The number of ketones is 2. The van der Waals surface area contributed by atoms with Crippen molar-refractivity contribution in [1.82, 2.24) is 4.98 Å². The van der Waals surface area contributed by atoms with Gasteiger partial charge in [-0.3, -0.25) is 29.4 Å². The Bertz CT molecular complexity index is 1340. The van der Waals surface area contributed by atoms with Gasteiger partial charge >= 0.3 is 5.97 Å². The van der Waals surface area contributed by atoms with E-state index in [1.165, 1.54) is 37.4 Å². The first-order valence-corrected chi connectivity index (χ1v) is 10.7. The summed E-state index contributed by atoms with van der Waals surface area (Å²) in [5.74, 6) is -4.47. The first-order valence-electron chi connectivity index (χ1n) is 9.92. The molecule has 0 spiro atoms. The number of amides is 1. The van der Waals surface area contributed by atoms with Gasteiger partial charge < -0.3 is 9.15 Å². The van der Waals surface area contributed by atoms with E-state index in [1.807, 2.05) is 0 Å². The zero-order valence-corrected chi connectivity index (χ0v) is 19.0. The average Bonchev–Trinajstić information content (AvgIpc) is 3.49. The largest absolute Gasteiger partial charge is 0.465 e. The Morgan fingerprint density at radius 1 is 1.15 bits per heavy atom. The minimum Gasteiger partial charge on any atom is -0.465 e. The number of nitro groups is 1. The Hall–Kier alpha value is -4.19. The summed E-state index contributed by atoms with van der Waals surface area (Å²) in [5.41, 5.74) is 0.387. The number of thiazole rings is 1. The van der Waals surface area contributed by atoms with Crippen LogP contribution in [-0.4, -0.2) is 40.5 Å². The highest BCUT2D eigenvalue weighted by atomic mass is 32.1. The molecule has 2 unspecified atom stereocenters. The van der Waals surface area contributed by atoms with Crippen LogP contribution in [0.3, 0.4) is 0 Å². The molecule has 0 radical (unpaired) electrons. The summed E-state index contributed by atoms with van der Waals surface area (Å²) >= 11 is 0.840. The average molecular weight is 483 g/mol. The molecule has 0 saturated carbocycles. The molecule has 2 aromatic heterocycles. The van der Waals surface area contributed by atoms with Crippen molar-refractivity contribution in [3.8, 4) is 0 Å². The molecule has 1 aromatic carbocycles. The molecule has 1 fully saturated rings. The van der Waals surface area contributed by atoms with Gasteiger partial charge in [-0.2, -0.15) is 0 Å². The number of carbonyl (C=O) groups is 4. The molecule has 1 saturated heterocycles. The molecule has 0 aliphatic carbocycles. The Labute approximate surface area is 196 Å². The molecule has 1 aliphatic heterocycles. The van der Waals surface area contributed by atoms with Gasteiger partial charge in [0.2, 0.25) is 11.6 Å². The van der Waals surface area contributed by atoms with Crippen LogP contribution < -0.4 is 4.90 Å². The molecule has 3 aromatic rings. The van der Waals surface area contributed by atoms with Crippen LogP contribution >= 0.6 is 11.3 Å². The van der Waals surface area contributed by atoms with Crippen molar-refractivity contribution < 1.29 is 33.3 Å². The SMILES string of the molecule is COC(=O)c1sc(N2C(=O)C(=O)C(C(=O)c3ccc(C)o3)C2c2ccc([N+](=O)[O-])cc2)nc1C. The summed E-state index contributed by atoms with van der Waals surface area (Å²) in [6, 6.07) is 6.98. The fourth-order valence-electron chi connectivity index (χ4n) is 3.76. The van der Waals surface area contributed by atoms with Crippen LogP contribution in [0.15, 0.2) is 40.8 Å². The molecule has 0 N–H and O–H groups in total. The quantitative estimate of drug-likeness (QED) is 0.129. The molecule has 174 valence electrons. The van der Waals surface area contributed by atoms with Crippen LogP contribution in [0.5, 0.6) is 0 Å². The summed E-state index contributed by atoms with van der Waals surface area (Å²) in [7, 11) is 1.20. The Balaban J connectivity index is 1.86. The number of nitrogens with zero attached hydrogens (tertiary/aromatic N) is 3. The second-order valence-electron chi connectivity index (χ2n) is 7.49. The van der Waals surface area contributed by atoms with Gasteiger partial charge in [0.15, 0.2) is 10.9 Å². The van der Waals surface area contributed by atoms with Crippen molar-refractivity contribution in [2.75, 3.05) is 12.0 Å². The van der Waals surface area contributed by atoms with Crippen molar-refractivity contribution in [3.05, 3.63) is 74.2 Å². The van der Waals surface area contributed by atoms with E-state index < -0.39 is 40.3 Å². The number of ether oxygens (including phenoxy) is 1. The third kappa shape index (κ3) is 3.77. The van der Waals surface area contributed by atoms with E-state index in [0.717, 1.165) is 16.2 Å². The van der Waals surface area contributed by atoms with Gasteiger partial charge in [-0.15, -0.1) is 0 Å². The first kappa shape index (κ1) is 23.0. The summed E-state index contributed by atoms with van der Waals surface area (Å²) in [4.78, 5) is 67.5. The molecule has 11 nitrogen and oxygen atoms in total. The Morgan fingerprint density at radius 2 is 1.82 bits per heavy atom. The predicted octanol–water partition coefficient (Wildman–Crippen LogP) is 3.20. The smallest absolute Gasteiger partial charge is 0.350 e. The number of nitro benzene ring substituents is 1. The van der Waals surface area contributed by atoms with E-state index in [-0.39, 0.29) is 27.2 Å². The maximum Gasteiger partial charge on any atom is 0.350 e. The number of methoxy groups -OCH3 is 1. The van der Waals surface area contributed by atoms with Crippen molar-refractivity contribution in [2.45, 2.75) is 19.9 Å². The van der Waals surface area contributed by atoms with E-state index in [0.29, 0.717) is 11.3 Å². The summed E-state index contributed by atoms with van der Waals surface area (Å²) in [6.45, 7) is 3.18. The van der Waals surface area contributed by atoms with Gasteiger partial charge in [-0.25, -0.2) is 9.78 Å². The van der Waals surface area contributed by atoms with Crippen LogP contribution in [0.25, 0.3) is 0 Å². The number of rotatable bonds is 6. The highest BCUT2D eigenvalue weighted by molar-refractivity contribution is 7.17. The first-order chi connectivity index (χ1) is 16.1. The molecule has 0 bridgehead atoms. The molecule has 1 amide bonds. The summed E-state index contributed by atoms with van der Waals surface area (Å²) < 4.78 is 10.1. The number of aromatic nitrogens is 1. The third-order valence-corrected chi connectivity index (χ3v) is 6.52. The molecule has 2 atom stereocenters. The molecule has 1 aliphatic rings. The molecule has 4 rings (SSSR count). The second-order valence-corrected chi connectivity index (χ2v) is 8.47. The minimum absolute atomic E-state index is 0.0190. The van der Waals surface area contributed by atoms with Crippen molar-refractivity contribution in [1.29, 1.82) is 0 Å². The molecule has 12 heteroatoms. The number of non-ortho nitro benzene ring substituents is 1. The molecular formula is C22H17N3O8S. The lowest BCUT2D eigenvalue weighted by atomic mass is 9.88. The minimum atomic E-state index is -1.48. The number of carbonyl (C=O) groups excluding carboxylic acids is 4. The van der Waals surface area contributed by atoms with Crippen LogP contribution in [0.2, 0.25) is 0 Å². The van der Waals surface area contributed by atoms with Crippen LogP contribution in [0.1, 0.15) is 43.3 Å². The number of furan rings is 1. The number of hydrogen-bond acceptors (Lipinski definition) is 10. The van der Waals surface area contributed by atoms with Crippen LogP contribution in [0.4, 0.5) is 10.8 Å². The zero-order valence-electron chi connectivity index (χ0n) is 18.1. The van der Waals surface area contributed by atoms with Gasteiger partial charge in [-0.05, 0) is 31.5 Å². The maximum atomic E-state index is 13.3. The number of anilines is 1. The highest BCUT2D eigenvalue weighted by Crippen LogP contribution is 2.43. The van der Waals surface area contributed by atoms with Crippen molar-refractivity contribution >= 4 is 45.6 Å². The fourth-order valence-corrected chi connectivity index (χ4v) is 4.78. The summed E-state index contributed by atoms with van der Waals surface area (Å²) in [5, 5.41) is 11.1. The Kier molecular flexibility index (Phi) is 5.83. The van der Waals surface area contributed by atoms with Gasteiger partial charge in [0.05, 0.1) is 23.8 Å². The highest BCUT2D eigenvalue weighted by Gasteiger charge is 2.54. The lowest BCUT2D eigenvalue weighted by Crippen LogP contribution is -2.30. The second kappa shape index (κ2) is 8.63. The third-order valence-electron chi connectivity index (χ3n) is 5.38. The van der Waals surface area contributed by atoms with Gasteiger partial charge in [0.1, 0.15) is 16.6 Å². The molecule has 3 heterocycles.